The van der Waals surface area contributed by atoms with E-state index in [1.54, 1.807) is 0 Å². The number of likely N-dealkylation sites (tertiary alicyclic amines) is 1. The second kappa shape index (κ2) is 8.09. The average Bonchev–Trinajstić information content (AvgIpc) is 2.54. The van der Waals surface area contributed by atoms with E-state index in [9.17, 15) is 0 Å². The molecule has 1 aliphatic rings. The summed E-state index contributed by atoms with van der Waals surface area (Å²) in [4.78, 5) is 5.04. The fraction of sp³-hybridized carbons (Fsp3) is 0.684. The maximum absolute atomic E-state index is 8.96. The smallest absolute Gasteiger partial charge is 0.0443 e. The molecule has 1 aromatic rings. The number of aliphatic hydroxyl groups excluding tert-OH is 1. The van der Waals surface area contributed by atoms with Gasteiger partial charge in [0, 0.05) is 31.2 Å². The first-order valence-corrected chi connectivity index (χ1v) is 8.62. The Labute approximate surface area is 135 Å². The monoisotopic (exact) mass is 304 g/mol. The van der Waals surface area contributed by atoms with Crippen LogP contribution in [-0.2, 0) is 5.41 Å². The number of nitrogens with zero attached hydrogens (tertiary/aromatic N) is 2. The highest BCUT2D eigenvalue weighted by Crippen LogP contribution is 2.26. The molecule has 1 aromatic carbocycles. The molecule has 0 amide bonds. The van der Waals surface area contributed by atoms with Crippen LogP contribution in [0.2, 0.25) is 0 Å². The number of rotatable bonds is 7. The Morgan fingerprint density at radius 2 is 1.82 bits per heavy atom. The molecule has 0 unspecified atom stereocenters. The van der Waals surface area contributed by atoms with Crippen molar-refractivity contribution >= 4 is 0 Å². The van der Waals surface area contributed by atoms with E-state index < -0.39 is 0 Å². The summed E-state index contributed by atoms with van der Waals surface area (Å²) in [7, 11) is 2.20. The van der Waals surface area contributed by atoms with E-state index in [1.807, 2.05) is 0 Å². The Morgan fingerprint density at radius 3 is 2.41 bits per heavy atom. The third kappa shape index (κ3) is 4.80. The van der Waals surface area contributed by atoms with Gasteiger partial charge in [-0.15, -0.1) is 0 Å². The number of aliphatic hydroxyl groups is 1. The van der Waals surface area contributed by atoms with Crippen molar-refractivity contribution < 1.29 is 5.11 Å². The van der Waals surface area contributed by atoms with Crippen LogP contribution in [0, 0.1) is 0 Å². The molecule has 0 radical (unpaired) electrons. The minimum atomic E-state index is 0.205. The van der Waals surface area contributed by atoms with Gasteiger partial charge in [-0.1, -0.05) is 44.2 Å². The van der Waals surface area contributed by atoms with Crippen molar-refractivity contribution in [2.24, 2.45) is 0 Å². The fourth-order valence-electron chi connectivity index (χ4n) is 3.56. The van der Waals surface area contributed by atoms with Crippen molar-refractivity contribution in [3.05, 3.63) is 35.9 Å². The van der Waals surface area contributed by atoms with Crippen molar-refractivity contribution in [1.29, 1.82) is 0 Å². The predicted octanol–water partition coefficient (Wildman–Crippen LogP) is 2.74. The molecular weight excluding hydrogens is 272 g/mol. The number of hydrogen-bond donors (Lipinski definition) is 1. The summed E-state index contributed by atoms with van der Waals surface area (Å²) < 4.78 is 0. The lowest BCUT2D eigenvalue weighted by Crippen LogP contribution is -2.47. The molecule has 2 rings (SSSR count). The lowest BCUT2D eigenvalue weighted by atomic mass is 9.83. The van der Waals surface area contributed by atoms with Crippen molar-refractivity contribution in [2.75, 3.05) is 39.8 Å². The lowest BCUT2D eigenvalue weighted by molar-refractivity contribution is 0.109. The molecule has 0 aromatic heterocycles. The topological polar surface area (TPSA) is 26.7 Å². The summed E-state index contributed by atoms with van der Waals surface area (Å²) in [6.07, 6.45) is 3.37. The maximum atomic E-state index is 8.96. The van der Waals surface area contributed by atoms with Crippen LogP contribution < -0.4 is 0 Å². The molecule has 0 bridgehead atoms. The molecular formula is C19H32N2O. The summed E-state index contributed by atoms with van der Waals surface area (Å²) >= 11 is 0. The Bertz CT molecular complexity index is 424. The van der Waals surface area contributed by atoms with Gasteiger partial charge in [0.2, 0.25) is 0 Å². The summed E-state index contributed by atoms with van der Waals surface area (Å²) in [5.74, 6) is 0. The van der Waals surface area contributed by atoms with Gasteiger partial charge in [-0.05, 0) is 45.0 Å². The molecule has 1 aliphatic heterocycles. The van der Waals surface area contributed by atoms with Gasteiger partial charge in [0.05, 0.1) is 0 Å². The van der Waals surface area contributed by atoms with Gasteiger partial charge < -0.3 is 14.9 Å². The Morgan fingerprint density at radius 1 is 1.18 bits per heavy atom. The zero-order chi connectivity index (χ0) is 16.0. The van der Waals surface area contributed by atoms with Crippen LogP contribution in [-0.4, -0.2) is 60.8 Å². The molecule has 1 saturated heterocycles. The summed E-state index contributed by atoms with van der Waals surface area (Å²) in [5, 5.41) is 8.96. The normalized spacial score (nSPS) is 18.0. The molecule has 0 atom stereocenters. The van der Waals surface area contributed by atoms with E-state index in [1.165, 1.54) is 31.5 Å². The zero-order valence-corrected chi connectivity index (χ0v) is 14.5. The molecule has 124 valence electrons. The quantitative estimate of drug-likeness (QED) is 0.839. The molecule has 22 heavy (non-hydrogen) atoms. The maximum Gasteiger partial charge on any atom is 0.0443 e. The number of hydrogen-bond acceptors (Lipinski definition) is 3. The van der Waals surface area contributed by atoms with Gasteiger partial charge in [-0.3, -0.25) is 0 Å². The highest BCUT2D eigenvalue weighted by atomic mass is 16.3. The molecule has 1 heterocycles. The molecule has 1 N–H and O–H groups in total. The fourth-order valence-corrected chi connectivity index (χ4v) is 3.56. The molecule has 0 aliphatic carbocycles. The Hall–Kier alpha value is -0.900. The number of piperidine rings is 1. The van der Waals surface area contributed by atoms with Crippen LogP contribution in [0.3, 0.4) is 0 Å². The van der Waals surface area contributed by atoms with Gasteiger partial charge in [0.25, 0.3) is 0 Å². The first kappa shape index (κ1) is 17.5. The van der Waals surface area contributed by atoms with Crippen molar-refractivity contribution in [3.8, 4) is 0 Å². The van der Waals surface area contributed by atoms with Crippen LogP contribution in [0.1, 0.15) is 38.7 Å². The zero-order valence-electron chi connectivity index (χ0n) is 14.5. The first-order chi connectivity index (χ1) is 10.5. The minimum absolute atomic E-state index is 0.205. The van der Waals surface area contributed by atoms with E-state index in [4.69, 9.17) is 5.11 Å². The highest BCUT2D eigenvalue weighted by molar-refractivity contribution is 5.23. The van der Waals surface area contributed by atoms with Crippen molar-refractivity contribution in [3.63, 3.8) is 0 Å². The van der Waals surface area contributed by atoms with E-state index in [2.05, 4.69) is 61.0 Å². The summed E-state index contributed by atoms with van der Waals surface area (Å²) in [6.45, 7) is 9.51. The number of benzene rings is 1. The van der Waals surface area contributed by atoms with Crippen LogP contribution >= 0.6 is 0 Å². The van der Waals surface area contributed by atoms with Crippen LogP contribution in [0.15, 0.2) is 30.3 Å². The standard InChI is InChI=1S/C19H32N2O/c1-19(2,17-8-5-4-6-9-17)16-21-13-10-18(11-14-21)20(3)12-7-15-22/h4-6,8-9,18,22H,7,10-16H2,1-3H3. The molecule has 3 heteroatoms. The Balaban J connectivity index is 1.82. The van der Waals surface area contributed by atoms with Gasteiger partial charge in [-0.2, -0.15) is 0 Å². The van der Waals surface area contributed by atoms with Gasteiger partial charge in [-0.25, -0.2) is 0 Å². The average molecular weight is 304 g/mol. The van der Waals surface area contributed by atoms with Crippen LogP contribution in [0.5, 0.6) is 0 Å². The second-order valence-electron chi connectivity index (χ2n) is 7.31. The first-order valence-electron chi connectivity index (χ1n) is 8.62. The summed E-state index contributed by atoms with van der Waals surface area (Å²) in [6, 6.07) is 11.5. The van der Waals surface area contributed by atoms with E-state index in [0.29, 0.717) is 12.6 Å². The third-order valence-electron chi connectivity index (χ3n) is 5.02. The lowest BCUT2D eigenvalue weighted by Gasteiger charge is -2.40. The van der Waals surface area contributed by atoms with Crippen molar-refractivity contribution in [2.45, 2.75) is 44.6 Å². The molecule has 1 fully saturated rings. The molecule has 0 saturated carbocycles. The summed E-state index contributed by atoms with van der Waals surface area (Å²) in [5.41, 5.74) is 1.63. The Kier molecular flexibility index (Phi) is 6.42. The van der Waals surface area contributed by atoms with E-state index in [-0.39, 0.29) is 5.41 Å². The highest BCUT2D eigenvalue weighted by Gasteiger charge is 2.28. The third-order valence-corrected chi connectivity index (χ3v) is 5.02. The van der Waals surface area contributed by atoms with Crippen LogP contribution in [0.4, 0.5) is 0 Å². The molecule has 3 nitrogen and oxygen atoms in total. The van der Waals surface area contributed by atoms with E-state index >= 15 is 0 Å². The van der Waals surface area contributed by atoms with Gasteiger partial charge in [0.1, 0.15) is 0 Å². The SMILES string of the molecule is CN(CCCO)C1CCN(CC(C)(C)c2ccccc2)CC1. The van der Waals surface area contributed by atoms with Crippen LogP contribution in [0.25, 0.3) is 0 Å². The minimum Gasteiger partial charge on any atom is -0.396 e. The predicted molar refractivity (Wildman–Crippen MR) is 93.3 cm³/mol. The van der Waals surface area contributed by atoms with Crippen molar-refractivity contribution in [1.82, 2.24) is 9.80 Å². The second-order valence-corrected chi connectivity index (χ2v) is 7.31. The largest absolute Gasteiger partial charge is 0.396 e. The van der Waals surface area contributed by atoms with E-state index in [0.717, 1.165) is 19.5 Å². The molecule has 0 spiro atoms. The van der Waals surface area contributed by atoms with Gasteiger partial charge in [0.15, 0.2) is 0 Å². The van der Waals surface area contributed by atoms with Gasteiger partial charge >= 0.3 is 0 Å².